The zero-order valence-corrected chi connectivity index (χ0v) is 20.6. The van der Waals surface area contributed by atoms with Gasteiger partial charge in [0.05, 0.1) is 33.6 Å². The fourth-order valence-electron chi connectivity index (χ4n) is 4.02. The highest BCUT2D eigenvalue weighted by Crippen LogP contribution is 2.38. The van der Waals surface area contributed by atoms with Crippen LogP contribution in [0.5, 0.6) is 17.2 Å². The van der Waals surface area contributed by atoms with Crippen molar-refractivity contribution in [2.45, 2.75) is 0 Å². The van der Waals surface area contributed by atoms with E-state index in [1.165, 1.54) is 21.3 Å². The van der Waals surface area contributed by atoms with E-state index in [4.69, 9.17) is 14.2 Å². The third kappa shape index (κ3) is 5.48. The highest BCUT2D eigenvalue weighted by Gasteiger charge is 2.23. The van der Waals surface area contributed by atoms with Crippen molar-refractivity contribution in [1.82, 2.24) is 20.4 Å². The minimum absolute atomic E-state index is 0.110. The van der Waals surface area contributed by atoms with Crippen LogP contribution in [-0.2, 0) is 4.79 Å². The molecule has 188 valence electrons. The molecule has 2 amide bonds. The molecule has 1 N–H and O–H groups in total. The standard InChI is InChI=1S/C26H29N5O5/c1-34-21-15-19(16-22(35-2)25(21)36-3)26(33)27-17-24(32)31-13-11-30(12-14-31)23-10-9-20(28-29-23)18-7-5-4-6-8-18/h4-10,15-16H,11-14,17H2,1-3H3,(H,27,33). The minimum Gasteiger partial charge on any atom is -0.493 e. The number of benzene rings is 2. The molecule has 0 bridgehead atoms. The number of anilines is 1. The number of amides is 2. The number of nitrogens with one attached hydrogen (secondary N) is 1. The molecular weight excluding hydrogens is 462 g/mol. The zero-order chi connectivity index (χ0) is 25.5. The molecule has 1 aliphatic heterocycles. The zero-order valence-electron chi connectivity index (χ0n) is 20.6. The van der Waals surface area contributed by atoms with Crippen molar-refractivity contribution in [3.63, 3.8) is 0 Å². The molecule has 0 atom stereocenters. The van der Waals surface area contributed by atoms with Crippen LogP contribution in [0.4, 0.5) is 5.82 Å². The van der Waals surface area contributed by atoms with E-state index >= 15 is 0 Å². The first kappa shape index (κ1) is 24.8. The summed E-state index contributed by atoms with van der Waals surface area (Å²) in [5.74, 6) is 1.34. The number of hydrogen-bond acceptors (Lipinski definition) is 8. The van der Waals surface area contributed by atoms with Gasteiger partial charge in [-0.15, -0.1) is 10.2 Å². The predicted octanol–water partition coefficient (Wildman–Crippen LogP) is 2.25. The third-order valence-electron chi connectivity index (χ3n) is 6.00. The molecule has 36 heavy (non-hydrogen) atoms. The topological polar surface area (TPSA) is 106 Å². The van der Waals surface area contributed by atoms with Crippen LogP contribution in [0.15, 0.2) is 54.6 Å². The fourth-order valence-corrected chi connectivity index (χ4v) is 4.02. The summed E-state index contributed by atoms with van der Waals surface area (Å²) in [6.07, 6.45) is 0. The quantitative estimate of drug-likeness (QED) is 0.512. The lowest BCUT2D eigenvalue weighted by Gasteiger charge is -2.35. The van der Waals surface area contributed by atoms with E-state index in [9.17, 15) is 9.59 Å². The summed E-state index contributed by atoms with van der Waals surface area (Å²) in [4.78, 5) is 29.2. The molecule has 10 heteroatoms. The normalized spacial score (nSPS) is 13.2. The summed E-state index contributed by atoms with van der Waals surface area (Å²) in [5.41, 5.74) is 2.14. The number of carbonyl (C=O) groups is 2. The van der Waals surface area contributed by atoms with Gasteiger partial charge in [0.25, 0.3) is 5.91 Å². The van der Waals surface area contributed by atoms with Crippen LogP contribution in [0.2, 0.25) is 0 Å². The summed E-state index contributed by atoms with van der Waals surface area (Å²) in [7, 11) is 4.45. The molecule has 4 rings (SSSR count). The first-order chi connectivity index (χ1) is 17.5. The Morgan fingerprint density at radius 2 is 1.53 bits per heavy atom. The van der Waals surface area contributed by atoms with Crippen molar-refractivity contribution in [3.05, 3.63) is 60.2 Å². The molecular formula is C26H29N5O5. The van der Waals surface area contributed by atoms with E-state index in [0.29, 0.717) is 49.0 Å². The molecule has 1 saturated heterocycles. The van der Waals surface area contributed by atoms with Crippen LogP contribution in [0.25, 0.3) is 11.3 Å². The van der Waals surface area contributed by atoms with Crippen LogP contribution in [-0.4, -0.2) is 81.0 Å². The van der Waals surface area contributed by atoms with E-state index in [2.05, 4.69) is 20.4 Å². The highest BCUT2D eigenvalue weighted by atomic mass is 16.5. The molecule has 0 aliphatic carbocycles. The van der Waals surface area contributed by atoms with Gasteiger partial charge >= 0.3 is 0 Å². The van der Waals surface area contributed by atoms with Crippen molar-refractivity contribution in [2.75, 3.05) is 59.0 Å². The summed E-state index contributed by atoms with van der Waals surface area (Å²) in [5, 5.41) is 11.4. The number of rotatable bonds is 8. The maximum absolute atomic E-state index is 12.7. The Hall–Kier alpha value is -4.34. The number of piperazine rings is 1. The highest BCUT2D eigenvalue weighted by molar-refractivity contribution is 5.97. The molecule has 0 spiro atoms. The first-order valence-corrected chi connectivity index (χ1v) is 11.5. The Kier molecular flexibility index (Phi) is 7.84. The lowest BCUT2D eigenvalue weighted by molar-refractivity contribution is -0.130. The Balaban J connectivity index is 1.30. The summed E-state index contributed by atoms with van der Waals surface area (Å²) in [6, 6.07) is 16.9. The van der Waals surface area contributed by atoms with Crippen molar-refractivity contribution in [3.8, 4) is 28.5 Å². The second kappa shape index (κ2) is 11.4. The Labute approximate surface area is 209 Å². The van der Waals surface area contributed by atoms with Gasteiger partial charge in [0, 0.05) is 37.3 Å². The number of methoxy groups -OCH3 is 3. The van der Waals surface area contributed by atoms with Gasteiger partial charge in [-0.25, -0.2) is 0 Å². The van der Waals surface area contributed by atoms with Crippen molar-refractivity contribution < 1.29 is 23.8 Å². The van der Waals surface area contributed by atoms with Crippen LogP contribution >= 0.6 is 0 Å². The monoisotopic (exact) mass is 491 g/mol. The third-order valence-corrected chi connectivity index (χ3v) is 6.00. The smallest absolute Gasteiger partial charge is 0.251 e. The van der Waals surface area contributed by atoms with Gasteiger partial charge < -0.3 is 29.3 Å². The maximum atomic E-state index is 12.7. The van der Waals surface area contributed by atoms with Crippen LogP contribution in [0.3, 0.4) is 0 Å². The molecule has 2 heterocycles. The number of hydrogen-bond donors (Lipinski definition) is 1. The fraction of sp³-hybridized carbons (Fsp3) is 0.308. The van der Waals surface area contributed by atoms with E-state index in [-0.39, 0.29) is 12.5 Å². The number of carbonyl (C=O) groups excluding carboxylic acids is 2. The van der Waals surface area contributed by atoms with E-state index < -0.39 is 5.91 Å². The average Bonchev–Trinajstić information content (AvgIpc) is 2.95. The largest absolute Gasteiger partial charge is 0.493 e. The SMILES string of the molecule is COc1cc(C(=O)NCC(=O)N2CCN(c3ccc(-c4ccccc4)nn3)CC2)cc(OC)c1OC. The predicted molar refractivity (Wildman–Crippen MR) is 135 cm³/mol. The molecule has 0 saturated carbocycles. The van der Waals surface area contributed by atoms with Gasteiger partial charge in [-0.1, -0.05) is 30.3 Å². The van der Waals surface area contributed by atoms with Crippen LogP contribution in [0.1, 0.15) is 10.4 Å². The van der Waals surface area contributed by atoms with Gasteiger partial charge in [0.15, 0.2) is 17.3 Å². The lowest BCUT2D eigenvalue weighted by Crippen LogP contribution is -2.51. The molecule has 1 fully saturated rings. The average molecular weight is 492 g/mol. The summed E-state index contributed by atoms with van der Waals surface area (Å²) in [6.45, 7) is 2.21. The second-order valence-electron chi connectivity index (χ2n) is 8.11. The summed E-state index contributed by atoms with van der Waals surface area (Å²) >= 11 is 0. The maximum Gasteiger partial charge on any atom is 0.251 e. The van der Waals surface area contributed by atoms with Gasteiger partial charge in [-0.2, -0.15) is 0 Å². The van der Waals surface area contributed by atoms with E-state index in [1.807, 2.05) is 42.5 Å². The van der Waals surface area contributed by atoms with Crippen LogP contribution < -0.4 is 24.4 Å². The molecule has 0 radical (unpaired) electrons. The second-order valence-corrected chi connectivity index (χ2v) is 8.11. The van der Waals surface area contributed by atoms with Crippen LogP contribution in [0, 0.1) is 0 Å². The van der Waals surface area contributed by atoms with Gasteiger partial charge in [0.2, 0.25) is 11.7 Å². The molecule has 2 aromatic carbocycles. The lowest BCUT2D eigenvalue weighted by atomic mass is 10.1. The first-order valence-electron chi connectivity index (χ1n) is 11.5. The van der Waals surface area contributed by atoms with Gasteiger partial charge in [0.1, 0.15) is 0 Å². The number of aromatic nitrogens is 2. The van der Waals surface area contributed by atoms with Gasteiger partial charge in [-0.05, 0) is 24.3 Å². The Bertz CT molecular complexity index is 1170. The van der Waals surface area contributed by atoms with Crippen molar-refractivity contribution in [1.29, 1.82) is 0 Å². The molecule has 1 aromatic heterocycles. The minimum atomic E-state index is -0.407. The van der Waals surface area contributed by atoms with E-state index in [0.717, 1.165) is 17.1 Å². The van der Waals surface area contributed by atoms with Crippen molar-refractivity contribution >= 4 is 17.6 Å². The molecule has 10 nitrogen and oxygen atoms in total. The number of nitrogens with zero attached hydrogens (tertiary/aromatic N) is 4. The Morgan fingerprint density at radius 3 is 2.08 bits per heavy atom. The summed E-state index contributed by atoms with van der Waals surface area (Å²) < 4.78 is 15.9. The molecule has 1 aliphatic rings. The van der Waals surface area contributed by atoms with Gasteiger partial charge in [-0.3, -0.25) is 9.59 Å². The van der Waals surface area contributed by atoms with Crippen molar-refractivity contribution in [2.24, 2.45) is 0 Å². The van der Waals surface area contributed by atoms with E-state index in [1.54, 1.807) is 17.0 Å². The Morgan fingerprint density at radius 1 is 0.861 bits per heavy atom. The number of ether oxygens (including phenoxy) is 3. The molecule has 0 unspecified atom stereocenters. The molecule has 3 aromatic rings.